The second-order valence-corrected chi connectivity index (χ2v) is 8.23. The number of aliphatic hydroxyl groups is 1. The summed E-state index contributed by atoms with van der Waals surface area (Å²) in [6.07, 6.45) is 4.43. The van der Waals surface area contributed by atoms with Crippen LogP contribution < -0.4 is 4.90 Å². The van der Waals surface area contributed by atoms with Gasteiger partial charge in [0.05, 0.1) is 17.7 Å². The van der Waals surface area contributed by atoms with Gasteiger partial charge in [-0.25, -0.2) is 9.37 Å². The molecule has 2 aromatic rings. The van der Waals surface area contributed by atoms with Crippen LogP contribution in [-0.2, 0) is 11.4 Å². The zero-order valence-corrected chi connectivity index (χ0v) is 16.3. The van der Waals surface area contributed by atoms with Crippen LogP contribution >= 0.6 is 0 Å². The minimum Gasteiger partial charge on any atom is -0.390 e. The van der Waals surface area contributed by atoms with Gasteiger partial charge < -0.3 is 10.0 Å². The Balaban J connectivity index is 1.46. The molecule has 29 heavy (non-hydrogen) atoms. The molecule has 2 aliphatic rings. The molecular formula is C23H25FN2O3. The van der Waals surface area contributed by atoms with E-state index in [1.807, 2.05) is 0 Å². The summed E-state index contributed by atoms with van der Waals surface area (Å²) in [6.45, 7) is 0.390. The summed E-state index contributed by atoms with van der Waals surface area (Å²) in [4.78, 5) is 31.9. The average molecular weight is 396 g/mol. The van der Waals surface area contributed by atoms with Crippen LogP contribution in [0.2, 0.25) is 0 Å². The van der Waals surface area contributed by atoms with E-state index in [-0.39, 0.29) is 30.0 Å². The van der Waals surface area contributed by atoms with E-state index in [4.69, 9.17) is 0 Å². The van der Waals surface area contributed by atoms with E-state index in [0.717, 1.165) is 25.7 Å². The maximum absolute atomic E-state index is 13.6. The van der Waals surface area contributed by atoms with E-state index in [9.17, 15) is 19.1 Å². The van der Waals surface area contributed by atoms with Gasteiger partial charge in [-0.1, -0.05) is 18.6 Å². The number of ketones is 1. The van der Waals surface area contributed by atoms with Crippen molar-refractivity contribution in [1.29, 1.82) is 0 Å². The Morgan fingerprint density at radius 1 is 1.24 bits per heavy atom. The normalized spacial score (nSPS) is 24.3. The Morgan fingerprint density at radius 2 is 2.07 bits per heavy atom. The van der Waals surface area contributed by atoms with Gasteiger partial charge in [-0.3, -0.25) is 9.59 Å². The Hall–Kier alpha value is -2.60. The number of anilines is 1. The molecule has 1 aliphatic carbocycles. The molecule has 1 saturated carbocycles. The highest BCUT2D eigenvalue weighted by atomic mass is 19.1. The van der Waals surface area contributed by atoms with Gasteiger partial charge >= 0.3 is 0 Å². The van der Waals surface area contributed by atoms with Crippen LogP contribution in [0.25, 0.3) is 0 Å². The molecule has 4 rings (SSSR count). The molecule has 0 unspecified atom stereocenters. The van der Waals surface area contributed by atoms with E-state index in [0.29, 0.717) is 36.5 Å². The topological polar surface area (TPSA) is 70.5 Å². The molecule has 152 valence electrons. The lowest BCUT2D eigenvalue weighted by molar-refractivity contribution is -0.128. The molecule has 2 atom stereocenters. The van der Waals surface area contributed by atoms with Crippen molar-refractivity contribution in [3.8, 4) is 0 Å². The number of aromatic nitrogens is 1. The predicted molar refractivity (Wildman–Crippen MR) is 107 cm³/mol. The number of carbonyl (C=O) groups excluding carboxylic acids is 2. The summed E-state index contributed by atoms with van der Waals surface area (Å²) in [5.74, 6) is -0.205. The Kier molecular flexibility index (Phi) is 5.46. The molecule has 0 bridgehead atoms. The molecule has 1 aromatic carbocycles. The summed E-state index contributed by atoms with van der Waals surface area (Å²) in [6, 6.07) is 11.3. The van der Waals surface area contributed by atoms with Gasteiger partial charge in [0, 0.05) is 18.7 Å². The van der Waals surface area contributed by atoms with Gasteiger partial charge in [-0.05, 0) is 61.9 Å². The highest BCUT2D eigenvalue weighted by molar-refractivity contribution is 6.00. The summed E-state index contributed by atoms with van der Waals surface area (Å²) < 4.78 is 13.6. The molecule has 1 spiro atoms. The van der Waals surface area contributed by atoms with E-state index in [1.165, 1.54) is 12.1 Å². The van der Waals surface area contributed by atoms with Crippen LogP contribution in [0.15, 0.2) is 42.5 Å². The Morgan fingerprint density at radius 3 is 2.86 bits per heavy atom. The van der Waals surface area contributed by atoms with Gasteiger partial charge in [-0.2, -0.15) is 0 Å². The van der Waals surface area contributed by atoms with Crippen LogP contribution in [0.4, 0.5) is 10.1 Å². The second kappa shape index (κ2) is 8.03. The molecule has 2 fully saturated rings. The first-order chi connectivity index (χ1) is 14.0. The predicted octanol–water partition coefficient (Wildman–Crippen LogP) is 3.90. The Bertz CT molecular complexity index is 932. The molecule has 6 heteroatoms. The number of aliphatic hydroxyl groups excluding tert-OH is 1. The van der Waals surface area contributed by atoms with Crippen molar-refractivity contribution in [1.82, 2.24) is 4.98 Å². The maximum Gasteiger partial charge on any atom is 0.233 e. The lowest BCUT2D eigenvalue weighted by atomic mass is 9.67. The third kappa shape index (κ3) is 3.94. The standard InChI is InChI=1S/C23H25FN2O3/c24-17-5-1-7-19(13-17)26-11-10-23(22(26)29)9-3-4-16(14-23)12-21(28)20-8-2-6-18(15-27)25-20/h1-2,5-8,13,16,27H,3-4,9-12,14-15H2/t16-,23+/m1/s1. The first-order valence-corrected chi connectivity index (χ1v) is 10.2. The van der Waals surface area contributed by atoms with E-state index >= 15 is 0 Å². The van der Waals surface area contributed by atoms with Crippen LogP contribution in [0.3, 0.4) is 0 Å². The van der Waals surface area contributed by atoms with Crippen molar-refractivity contribution in [2.24, 2.45) is 11.3 Å². The minimum atomic E-state index is -0.449. The van der Waals surface area contributed by atoms with E-state index in [1.54, 1.807) is 35.2 Å². The third-order valence-electron chi connectivity index (χ3n) is 6.31. The summed E-state index contributed by atoms with van der Waals surface area (Å²) >= 11 is 0. The average Bonchev–Trinajstić information content (AvgIpc) is 3.03. The molecule has 1 N–H and O–H groups in total. The summed E-state index contributed by atoms with van der Waals surface area (Å²) in [5, 5.41) is 9.23. The fraction of sp³-hybridized carbons (Fsp3) is 0.435. The van der Waals surface area contributed by atoms with E-state index < -0.39 is 5.41 Å². The highest BCUT2D eigenvalue weighted by Gasteiger charge is 2.49. The fourth-order valence-electron chi connectivity index (χ4n) is 4.88. The lowest BCUT2D eigenvalue weighted by Crippen LogP contribution is -2.38. The van der Waals surface area contributed by atoms with Gasteiger partial charge in [0.1, 0.15) is 11.5 Å². The van der Waals surface area contributed by atoms with Crippen molar-refractivity contribution in [3.63, 3.8) is 0 Å². The van der Waals surface area contributed by atoms with Gasteiger partial charge in [0.15, 0.2) is 5.78 Å². The largest absolute Gasteiger partial charge is 0.390 e. The van der Waals surface area contributed by atoms with Crippen LogP contribution in [-0.4, -0.2) is 28.3 Å². The number of hydrogen-bond acceptors (Lipinski definition) is 4. The molecule has 1 aromatic heterocycles. The summed E-state index contributed by atoms with van der Waals surface area (Å²) in [7, 11) is 0. The van der Waals surface area contributed by atoms with Crippen LogP contribution in [0.5, 0.6) is 0 Å². The van der Waals surface area contributed by atoms with Crippen molar-refractivity contribution >= 4 is 17.4 Å². The number of rotatable bonds is 5. The number of amides is 1. The number of benzene rings is 1. The molecule has 2 heterocycles. The number of nitrogens with zero attached hydrogens (tertiary/aromatic N) is 2. The second-order valence-electron chi connectivity index (χ2n) is 8.23. The van der Waals surface area contributed by atoms with Gasteiger partial charge in [0.25, 0.3) is 0 Å². The first-order valence-electron chi connectivity index (χ1n) is 10.2. The number of hydrogen-bond donors (Lipinski definition) is 1. The smallest absolute Gasteiger partial charge is 0.233 e. The SMILES string of the molecule is O=C(C[C@H]1CCC[C@]2(CCN(c3cccc(F)c3)C2=O)C1)c1cccc(CO)n1. The van der Waals surface area contributed by atoms with Gasteiger partial charge in [0.2, 0.25) is 5.91 Å². The fourth-order valence-corrected chi connectivity index (χ4v) is 4.88. The number of halogens is 1. The number of carbonyl (C=O) groups is 2. The first kappa shape index (κ1) is 19.7. The zero-order chi connectivity index (χ0) is 20.4. The van der Waals surface area contributed by atoms with E-state index in [2.05, 4.69) is 4.98 Å². The molecule has 5 nitrogen and oxygen atoms in total. The van der Waals surface area contributed by atoms with Crippen molar-refractivity contribution in [3.05, 3.63) is 59.7 Å². The lowest BCUT2D eigenvalue weighted by Gasteiger charge is -2.36. The molecule has 1 saturated heterocycles. The number of Topliss-reactive ketones (excluding diaryl/α,β-unsaturated/α-hetero) is 1. The van der Waals surface area contributed by atoms with Crippen molar-refractivity contribution in [2.75, 3.05) is 11.4 Å². The van der Waals surface area contributed by atoms with Crippen molar-refractivity contribution < 1.29 is 19.1 Å². The highest BCUT2D eigenvalue weighted by Crippen LogP contribution is 2.48. The molecule has 1 amide bonds. The molecule has 1 aliphatic heterocycles. The summed E-state index contributed by atoms with van der Waals surface area (Å²) in [5.41, 5.74) is 1.01. The quantitative estimate of drug-likeness (QED) is 0.778. The molecular weight excluding hydrogens is 371 g/mol. The Labute approximate surface area is 169 Å². The van der Waals surface area contributed by atoms with Crippen LogP contribution in [0, 0.1) is 17.2 Å². The molecule has 0 radical (unpaired) electrons. The monoisotopic (exact) mass is 396 g/mol. The minimum absolute atomic E-state index is 0.0465. The zero-order valence-electron chi connectivity index (χ0n) is 16.3. The van der Waals surface area contributed by atoms with Crippen LogP contribution in [0.1, 0.15) is 54.7 Å². The number of pyridine rings is 1. The van der Waals surface area contributed by atoms with Crippen molar-refractivity contribution in [2.45, 2.75) is 45.1 Å². The van der Waals surface area contributed by atoms with Gasteiger partial charge in [-0.15, -0.1) is 0 Å². The maximum atomic E-state index is 13.6. The third-order valence-corrected chi connectivity index (χ3v) is 6.31.